The average molecular weight is 266 g/mol. The van der Waals surface area contributed by atoms with Gasteiger partial charge in [0, 0.05) is 31.2 Å². The van der Waals surface area contributed by atoms with E-state index in [1.807, 2.05) is 0 Å². The van der Waals surface area contributed by atoms with E-state index in [0.29, 0.717) is 17.0 Å². The summed E-state index contributed by atoms with van der Waals surface area (Å²) in [5.41, 5.74) is 0.737. The molecule has 0 bridgehead atoms. The Morgan fingerprint density at radius 3 is 2.42 bits per heavy atom. The highest BCUT2D eigenvalue weighted by Crippen LogP contribution is 2.42. The third-order valence-electron chi connectivity index (χ3n) is 5.39. The van der Waals surface area contributed by atoms with Crippen molar-refractivity contribution in [3.8, 4) is 0 Å². The fraction of sp³-hybridized carbons (Fsp3) is 1.00. The molecule has 2 heteroatoms. The van der Waals surface area contributed by atoms with Gasteiger partial charge in [0.05, 0.1) is 0 Å². The Balaban J connectivity index is 2.09. The Hall–Kier alpha value is -0.0800. The Kier molecular flexibility index (Phi) is 4.32. The summed E-state index contributed by atoms with van der Waals surface area (Å²) in [5, 5.41) is 3.89. The molecule has 2 aliphatic rings. The molecule has 1 heterocycles. The van der Waals surface area contributed by atoms with Crippen molar-refractivity contribution in [3.05, 3.63) is 0 Å². The van der Waals surface area contributed by atoms with Gasteiger partial charge in [-0.1, -0.05) is 41.0 Å². The number of hydrogen-bond acceptors (Lipinski definition) is 2. The molecule has 3 unspecified atom stereocenters. The lowest BCUT2D eigenvalue weighted by molar-refractivity contribution is 0.0112. The van der Waals surface area contributed by atoms with Crippen LogP contribution < -0.4 is 5.32 Å². The van der Waals surface area contributed by atoms with Gasteiger partial charge in [-0.15, -0.1) is 0 Å². The Labute approximate surface area is 120 Å². The SMILES string of the molecule is CCC(C)CN1CC(C)(C2CC2)NCC1C(C)(C)C. The molecule has 0 aromatic carbocycles. The number of rotatable bonds is 4. The molecule has 2 rings (SSSR count). The third-order valence-corrected chi connectivity index (χ3v) is 5.39. The van der Waals surface area contributed by atoms with E-state index in [0.717, 1.165) is 18.4 Å². The van der Waals surface area contributed by atoms with Crippen molar-refractivity contribution in [2.45, 2.75) is 72.4 Å². The van der Waals surface area contributed by atoms with E-state index in [2.05, 4.69) is 51.8 Å². The van der Waals surface area contributed by atoms with Crippen molar-refractivity contribution in [2.75, 3.05) is 19.6 Å². The summed E-state index contributed by atoms with van der Waals surface area (Å²) in [6, 6.07) is 0.674. The van der Waals surface area contributed by atoms with Crippen molar-refractivity contribution in [3.63, 3.8) is 0 Å². The highest BCUT2D eigenvalue weighted by atomic mass is 15.3. The molecular weight excluding hydrogens is 232 g/mol. The summed E-state index contributed by atoms with van der Waals surface area (Å²) in [7, 11) is 0. The van der Waals surface area contributed by atoms with E-state index >= 15 is 0 Å². The maximum atomic E-state index is 3.89. The molecule has 2 nitrogen and oxygen atoms in total. The van der Waals surface area contributed by atoms with Crippen molar-refractivity contribution in [1.82, 2.24) is 10.2 Å². The summed E-state index contributed by atoms with van der Waals surface area (Å²) in [6.45, 7) is 18.0. The van der Waals surface area contributed by atoms with Crippen LogP contribution in [0.2, 0.25) is 0 Å². The van der Waals surface area contributed by atoms with E-state index in [4.69, 9.17) is 0 Å². The van der Waals surface area contributed by atoms with Gasteiger partial charge in [0.15, 0.2) is 0 Å². The van der Waals surface area contributed by atoms with Crippen LogP contribution in [0.3, 0.4) is 0 Å². The normalized spacial score (nSPS) is 35.4. The van der Waals surface area contributed by atoms with Gasteiger partial charge >= 0.3 is 0 Å². The second kappa shape index (κ2) is 5.37. The topological polar surface area (TPSA) is 15.3 Å². The smallest absolute Gasteiger partial charge is 0.0309 e. The van der Waals surface area contributed by atoms with Crippen LogP contribution >= 0.6 is 0 Å². The summed E-state index contributed by atoms with van der Waals surface area (Å²) in [5.74, 6) is 1.74. The monoisotopic (exact) mass is 266 g/mol. The third kappa shape index (κ3) is 3.52. The van der Waals surface area contributed by atoms with Gasteiger partial charge in [-0.3, -0.25) is 4.90 Å². The molecule has 0 amide bonds. The molecule has 1 N–H and O–H groups in total. The van der Waals surface area contributed by atoms with Crippen LogP contribution in [-0.4, -0.2) is 36.1 Å². The van der Waals surface area contributed by atoms with Crippen LogP contribution in [0, 0.1) is 17.3 Å². The first-order valence-electron chi connectivity index (χ1n) is 8.25. The highest BCUT2D eigenvalue weighted by molar-refractivity contribution is 5.05. The summed E-state index contributed by atoms with van der Waals surface area (Å²) >= 11 is 0. The molecule has 3 atom stereocenters. The van der Waals surface area contributed by atoms with E-state index in [1.165, 1.54) is 32.4 Å². The fourth-order valence-electron chi connectivity index (χ4n) is 3.62. The number of piperazine rings is 1. The van der Waals surface area contributed by atoms with Crippen LogP contribution in [0.1, 0.15) is 60.8 Å². The first kappa shape index (κ1) is 15.3. The minimum Gasteiger partial charge on any atom is -0.308 e. The van der Waals surface area contributed by atoms with E-state index in [1.54, 1.807) is 0 Å². The molecule has 1 saturated heterocycles. The van der Waals surface area contributed by atoms with Crippen LogP contribution in [-0.2, 0) is 0 Å². The van der Waals surface area contributed by atoms with Gasteiger partial charge in [0.25, 0.3) is 0 Å². The second-order valence-corrected chi connectivity index (χ2v) is 8.40. The van der Waals surface area contributed by atoms with Crippen molar-refractivity contribution in [1.29, 1.82) is 0 Å². The average Bonchev–Trinajstić information content (AvgIpc) is 3.11. The minimum atomic E-state index is 0.366. The van der Waals surface area contributed by atoms with Gasteiger partial charge in [-0.2, -0.15) is 0 Å². The lowest BCUT2D eigenvalue weighted by Gasteiger charge is -2.51. The van der Waals surface area contributed by atoms with Crippen molar-refractivity contribution < 1.29 is 0 Å². The quantitative estimate of drug-likeness (QED) is 0.837. The van der Waals surface area contributed by atoms with Crippen LogP contribution in [0.5, 0.6) is 0 Å². The lowest BCUT2D eigenvalue weighted by Crippen LogP contribution is -2.67. The molecule has 1 aliphatic heterocycles. The Morgan fingerprint density at radius 1 is 1.32 bits per heavy atom. The number of nitrogens with zero attached hydrogens (tertiary/aromatic N) is 1. The molecule has 0 aromatic heterocycles. The predicted molar refractivity (Wildman–Crippen MR) is 83.4 cm³/mol. The largest absolute Gasteiger partial charge is 0.308 e. The van der Waals surface area contributed by atoms with E-state index < -0.39 is 0 Å². The molecule has 19 heavy (non-hydrogen) atoms. The van der Waals surface area contributed by atoms with Crippen molar-refractivity contribution >= 4 is 0 Å². The Morgan fingerprint density at radius 2 is 1.95 bits per heavy atom. The van der Waals surface area contributed by atoms with Gasteiger partial charge in [0.2, 0.25) is 0 Å². The minimum absolute atomic E-state index is 0.366. The molecule has 0 spiro atoms. The Bertz CT molecular complexity index is 303. The molecular formula is C17H34N2. The highest BCUT2D eigenvalue weighted by Gasteiger charge is 2.47. The lowest BCUT2D eigenvalue weighted by atomic mass is 9.80. The van der Waals surface area contributed by atoms with Gasteiger partial charge in [-0.25, -0.2) is 0 Å². The van der Waals surface area contributed by atoms with Crippen LogP contribution in [0.15, 0.2) is 0 Å². The molecule has 0 radical (unpaired) electrons. The summed E-state index contributed by atoms with van der Waals surface area (Å²) < 4.78 is 0. The first-order chi connectivity index (χ1) is 8.76. The fourth-order valence-corrected chi connectivity index (χ4v) is 3.62. The van der Waals surface area contributed by atoms with Crippen LogP contribution in [0.4, 0.5) is 0 Å². The second-order valence-electron chi connectivity index (χ2n) is 8.40. The maximum absolute atomic E-state index is 3.89. The molecule has 112 valence electrons. The molecule has 1 saturated carbocycles. The number of hydrogen-bond donors (Lipinski definition) is 1. The number of nitrogens with one attached hydrogen (secondary N) is 1. The van der Waals surface area contributed by atoms with Gasteiger partial charge < -0.3 is 5.32 Å². The zero-order chi connectivity index (χ0) is 14.3. The van der Waals surface area contributed by atoms with E-state index in [9.17, 15) is 0 Å². The zero-order valence-corrected chi connectivity index (χ0v) is 13.9. The zero-order valence-electron chi connectivity index (χ0n) is 13.9. The molecule has 2 fully saturated rings. The standard InChI is InChI=1S/C17H34N2/c1-7-13(2)11-19-12-17(6,14-8-9-14)18-10-15(19)16(3,4)5/h13-15,18H,7-12H2,1-6H3. The van der Waals surface area contributed by atoms with E-state index in [-0.39, 0.29) is 0 Å². The summed E-state index contributed by atoms with van der Waals surface area (Å²) in [6.07, 6.45) is 4.16. The van der Waals surface area contributed by atoms with Gasteiger partial charge in [-0.05, 0) is 37.0 Å². The van der Waals surface area contributed by atoms with Crippen molar-refractivity contribution in [2.24, 2.45) is 17.3 Å². The molecule has 1 aliphatic carbocycles. The van der Waals surface area contributed by atoms with Crippen LogP contribution in [0.25, 0.3) is 0 Å². The van der Waals surface area contributed by atoms with Gasteiger partial charge in [0.1, 0.15) is 0 Å². The predicted octanol–water partition coefficient (Wildman–Crippen LogP) is 3.52. The maximum Gasteiger partial charge on any atom is 0.0309 e. The summed E-state index contributed by atoms with van der Waals surface area (Å²) in [4.78, 5) is 2.79. The molecule has 0 aromatic rings. The first-order valence-corrected chi connectivity index (χ1v) is 8.25.